The van der Waals surface area contributed by atoms with Crippen molar-refractivity contribution in [3.05, 3.63) is 102 Å². The van der Waals surface area contributed by atoms with Crippen molar-refractivity contribution in [1.82, 2.24) is 24.5 Å². The summed E-state index contributed by atoms with van der Waals surface area (Å²) in [6.07, 6.45) is 1.11. The molecule has 35 heavy (non-hydrogen) atoms. The average molecular weight is 463 g/mol. The molecule has 0 saturated carbocycles. The molecule has 3 aromatic carbocycles. The van der Waals surface area contributed by atoms with Gasteiger partial charge in [0.25, 0.3) is 0 Å². The lowest BCUT2D eigenvalue weighted by Crippen LogP contribution is -2.50. The third-order valence-corrected chi connectivity index (χ3v) is 6.61. The minimum absolute atomic E-state index is 0.168. The van der Waals surface area contributed by atoms with Gasteiger partial charge in [0.2, 0.25) is 11.9 Å². The van der Waals surface area contributed by atoms with Crippen molar-refractivity contribution in [3.63, 3.8) is 0 Å². The van der Waals surface area contributed by atoms with E-state index >= 15 is 0 Å². The molecule has 7 nitrogen and oxygen atoms in total. The van der Waals surface area contributed by atoms with Crippen molar-refractivity contribution >= 4 is 28.4 Å². The molecule has 7 heteroatoms. The second-order valence-electron chi connectivity index (χ2n) is 8.90. The summed E-state index contributed by atoms with van der Waals surface area (Å²) in [5.41, 5.74) is 3.94. The topological polar surface area (TPSA) is 66.6 Å². The smallest absolute Gasteiger partial charge is 0.227 e. The largest absolute Gasteiger partial charge is 0.339 e. The number of benzene rings is 3. The Morgan fingerprint density at radius 1 is 0.743 bits per heavy atom. The molecular weight excluding hydrogens is 436 g/mol. The van der Waals surface area contributed by atoms with Crippen LogP contribution in [0.5, 0.6) is 0 Å². The molecule has 0 bridgehead atoms. The zero-order chi connectivity index (χ0) is 23.6. The fraction of sp³-hybridized carbons (Fsp3) is 0.214. The predicted molar refractivity (Wildman–Crippen MR) is 136 cm³/mol. The highest BCUT2D eigenvalue weighted by atomic mass is 16.2. The molecule has 3 heterocycles. The Morgan fingerprint density at radius 3 is 2.14 bits per heavy atom. The third kappa shape index (κ3) is 4.21. The van der Waals surface area contributed by atoms with E-state index in [-0.39, 0.29) is 5.91 Å². The van der Waals surface area contributed by atoms with Crippen LogP contribution in [0, 0.1) is 0 Å². The second kappa shape index (κ2) is 9.18. The molecule has 0 radical (unpaired) electrons. The molecule has 2 aromatic heterocycles. The summed E-state index contributed by atoms with van der Waals surface area (Å²) in [6.45, 7) is 2.75. The summed E-state index contributed by atoms with van der Waals surface area (Å²) in [5, 5.41) is 10.1. The van der Waals surface area contributed by atoms with E-state index < -0.39 is 0 Å². The SMILES string of the molecule is O=C(Cc1ccccc1)N1CCN(c2nc3ccccc3c3nnc(Cc4ccccc4)n23)CC1. The summed E-state index contributed by atoms with van der Waals surface area (Å²) in [7, 11) is 0. The van der Waals surface area contributed by atoms with Gasteiger partial charge in [0.05, 0.1) is 11.9 Å². The Morgan fingerprint density at radius 2 is 1.40 bits per heavy atom. The van der Waals surface area contributed by atoms with Crippen molar-refractivity contribution in [2.24, 2.45) is 0 Å². The highest BCUT2D eigenvalue weighted by molar-refractivity contribution is 5.92. The molecule has 0 spiro atoms. The number of carbonyl (C=O) groups is 1. The molecule has 1 amide bonds. The van der Waals surface area contributed by atoms with Gasteiger partial charge in [0.1, 0.15) is 5.82 Å². The maximum absolute atomic E-state index is 12.9. The van der Waals surface area contributed by atoms with E-state index in [1.54, 1.807) is 0 Å². The first-order chi connectivity index (χ1) is 17.3. The second-order valence-corrected chi connectivity index (χ2v) is 8.90. The maximum Gasteiger partial charge on any atom is 0.227 e. The van der Waals surface area contributed by atoms with Crippen LogP contribution in [-0.4, -0.2) is 56.6 Å². The van der Waals surface area contributed by atoms with Crippen molar-refractivity contribution in [2.75, 3.05) is 31.1 Å². The molecule has 1 saturated heterocycles. The first-order valence-corrected chi connectivity index (χ1v) is 12.0. The van der Waals surface area contributed by atoms with Crippen molar-refractivity contribution in [2.45, 2.75) is 12.8 Å². The van der Waals surface area contributed by atoms with E-state index in [9.17, 15) is 4.79 Å². The van der Waals surface area contributed by atoms with Gasteiger partial charge in [0.15, 0.2) is 5.65 Å². The van der Waals surface area contributed by atoms with Gasteiger partial charge in [-0.05, 0) is 23.3 Å². The Hall–Kier alpha value is -4.26. The van der Waals surface area contributed by atoms with Crippen molar-refractivity contribution < 1.29 is 4.79 Å². The monoisotopic (exact) mass is 462 g/mol. The number of aromatic nitrogens is 4. The van der Waals surface area contributed by atoms with Crippen LogP contribution in [0.4, 0.5) is 5.95 Å². The molecule has 0 N–H and O–H groups in total. The highest BCUT2D eigenvalue weighted by Gasteiger charge is 2.25. The zero-order valence-corrected chi connectivity index (χ0v) is 19.4. The summed E-state index contributed by atoms with van der Waals surface area (Å²) in [5.74, 6) is 1.87. The van der Waals surface area contributed by atoms with Crippen molar-refractivity contribution in [1.29, 1.82) is 0 Å². The quantitative estimate of drug-likeness (QED) is 0.398. The van der Waals surface area contributed by atoms with E-state index in [1.807, 2.05) is 77.7 Å². The zero-order valence-electron chi connectivity index (χ0n) is 19.4. The lowest BCUT2D eigenvalue weighted by atomic mass is 10.1. The van der Waals surface area contributed by atoms with Gasteiger partial charge in [-0.25, -0.2) is 9.38 Å². The number of amides is 1. The van der Waals surface area contributed by atoms with Gasteiger partial charge in [-0.2, -0.15) is 0 Å². The molecule has 174 valence electrons. The van der Waals surface area contributed by atoms with E-state index in [0.29, 0.717) is 39.0 Å². The molecule has 1 fully saturated rings. The lowest BCUT2D eigenvalue weighted by molar-refractivity contribution is -0.130. The summed E-state index contributed by atoms with van der Waals surface area (Å²) >= 11 is 0. The Kier molecular flexibility index (Phi) is 5.58. The van der Waals surface area contributed by atoms with E-state index in [2.05, 4.69) is 31.6 Å². The van der Waals surface area contributed by atoms with Gasteiger partial charge in [-0.1, -0.05) is 72.8 Å². The summed E-state index contributed by atoms with van der Waals surface area (Å²) in [6, 6.07) is 28.3. The number of piperazine rings is 1. The molecule has 6 rings (SSSR count). The fourth-order valence-corrected chi connectivity index (χ4v) is 4.76. The molecule has 0 unspecified atom stereocenters. The van der Waals surface area contributed by atoms with Crippen LogP contribution < -0.4 is 4.90 Å². The van der Waals surface area contributed by atoms with E-state index in [0.717, 1.165) is 33.9 Å². The molecule has 0 aliphatic carbocycles. The normalized spacial score (nSPS) is 14.1. The van der Waals surface area contributed by atoms with Crippen LogP contribution in [0.1, 0.15) is 17.0 Å². The number of nitrogens with zero attached hydrogens (tertiary/aromatic N) is 6. The van der Waals surface area contributed by atoms with Crippen LogP contribution in [0.25, 0.3) is 16.6 Å². The van der Waals surface area contributed by atoms with Crippen LogP contribution in [0.2, 0.25) is 0 Å². The van der Waals surface area contributed by atoms with Gasteiger partial charge >= 0.3 is 0 Å². The van der Waals surface area contributed by atoms with Gasteiger partial charge < -0.3 is 9.80 Å². The Labute approximate surface area is 203 Å². The van der Waals surface area contributed by atoms with Crippen LogP contribution >= 0.6 is 0 Å². The predicted octanol–water partition coefficient (Wildman–Crippen LogP) is 3.76. The number of para-hydroxylation sites is 1. The highest BCUT2D eigenvalue weighted by Crippen LogP contribution is 2.26. The van der Waals surface area contributed by atoms with E-state index in [1.165, 1.54) is 5.56 Å². The van der Waals surface area contributed by atoms with Crippen LogP contribution in [0.15, 0.2) is 84.9 Å². The molecule has 5 aromatic rings. The number of hydrogen-bond donors (Lipinski definition) is 0. The maximum atomic E-state index is 12.9. The number of carbonyl (C=O) groups excluding carboxylic acids is 1. The minimum Gasteiger partial charge on any atom is -0.339 e. The first-order valence-electron chi connectivity index (χ1n) is 12.0. The average Bonchev–Trinajstić information content (AvgIpc) is 3.33. The molecule has 1 aliphatic heterocycles. The van der Waals surface area contributed by atoms with Gasteiger partial charge in [-0.15, -0.1) is 10.2 Å². The number of fused-ring (bicyclic) bond motifs is 3. The Balaban J connectivity index is 1.30. The molecule has 0 atom stereocenters. The Bertz CT molecular complexity index is 1470. The summed E-state index contributed by atoms with van der Waals surface area (Å²) < 4.78 is 2.09. The fourth-order valence-electron chi connectivity index (χ4n) is 4.76. The van der Waals surface area contributed by atoms with Gasteiger partial charge in [-0.3, -0.25) is 4.79 Å². The lowest BCUT2D eigenvalue weighted by Gasteiger charge is -2.35. The molecular formula is C28H26N6O. The van der Waals surface area contributed by atoms with Crippen molar-refractivity contribution in [3.8, 4) is 0 Å². The number of rotatable bonds is 5. The molecule has 1 aliphatic rings. The van der Waals surface area contributed by atoms with Gasteiger partial charge in [0, 0.05) is 38.0 Å². The third-order valence-electron chi connectivity index (χ3n) is 6.61. The number of anilines is 1. The first kappa shape index (κ1) is 21.3. The summed E-state index contributed by atoms with van der Waals surface area (Å²) in [4.78, 5) is 22.1. The number of hydrogen-bond acceptors (Lipinski definition) is 5. The van der Waals surface area contributed by atoms with Crippen LogP contribution in [-0.2, 0) is 17.6 Å². The standard InChI is InChI=1S/C28H26N6O/c35-26(20-22-11-5-2-6-12-22)32-15-17-33(18-16-32)28-29-24-14-8-7-13-23(24)27-31-30-25(34(27)28)19-21-9-3-1-4-10-21/h1-14H,15-20H2. The van der Waals surface area contributed by atoms with Crippen LogP contribution in [0.3, 0.4) is 0 Å². The minimum atomic E-state index is 0.168. The van der Waals surface area contributed by atoms with E-state index in [4.69, 9.17) is 4.98 Å².